The highest BCUT2D eigenvalue weighted by Gasteiger charge is 2.32. The summed E-state index contributed by atoms with van der Waals surface area (Å²) in [5.41, 5.74) is 1.91. The number of aromatic nitrogens is 1. The Balaban J connectivity index is 1.21. The fourth-order valence-electron chi connectivity index (χ4n) is 4.02. The Morgan fingerprint density at radius 1 is 1.13 bits per heavy atom. The second-order valence-electron chi connectivity index (χ2n) is 8.31. The van der Waals surface area contributed by atoms with E-state index in [0.717, 1.165) is 37.2 Å². The zero-order valence-electron chi connectivity index (χ0n) is 18.0. The van der Waals surface area contributed by atoms with E-state index in [1.807, 2.05) is 41.4 Å². The van der Waals surface area contributed by atoms with Gasteiger partial charge in [0, 0.05) is 56.5 Å². The molecule has 0 spiro atoms. The van der Waals surface area contributed by atoms with Crippen LogP contribution in [0.1, 0.15) is 44.1 Å². The van der Waals surface area contributed by atoms with Gasteiger partial charge in [0.05, 0.1) is 6.54 Å². The molecule has 3 amide bonds. The van der Waals surface area contributed by atoms with Gasteiger partial charge in [0.25, 0.3) is 0 Å². The van der Waals surface area contributed by atoms with E-state index in [1.165, 1.54) is 5.56 Å². The first-order valence-electron chi connectivity index (χ1n) is 11.1. The molecule has 0 bridgehead atoms. The Bertz CT molecular complexity index is 881. The van der Waals surface area contributed by atoms with E-state index in [4.69, 9.17) is 4.74 Å². The van der Waals surface area contributed by atoms with Crippen LogP contribution in [0.5, 0.6) is 5.75 Å². The van der Waals surface area contributed by atoms with Gasteiger partial charge in [0.1, 0.15) is 11.9 Å². The average Bonchev–Trinajstić information content (AvgIpc) is 3.22. The lowest BCUT2D eigenvalue weighted by Gasteiger charge is -2.39. The third kappa shape index (κ3) is 5.34. The van der Waals surface area contributed by atoms with Crippen LogP contribution in [0.25, 0.3) is 0 Å². The maximum atomic E-state index is 12.4. The molecule has 4 rings (SSSR count). The summed E-state index contributed by atoms with van der Waals surface area (Å²) in [7, 11) is 0. The number of likely N-dealkylation sites (tertiary alicyclic amines) is 2. The Kier molecular flexibility index (Phi) is 6.70. The molecule has 2 fully saturated rings. The standard InChI is InChI=1S/C24H30N4O3/c1-2-3-6-23(29)27-13-11-22(17-27)31-21-9-7-20(8-10-21)26-24(30)28-15-19(16-28)18-5-4-12-25-14-18/h4-5,7-10,12,14,19,22H,2-3,6,11,13,15-17H2,1H3,(H,26,30)/t22-/m1/s1. The number of amides is 3. The number of ether oxygens (including phenoxy) is 1. The van der Waals surface area contributed by atoms with Crippen molar-refractivity contribution in [3.05, 3.63) is 54.4 Å². The van der Waals surface area contributed by atoms with Crippen LogP contribution in [0.2, 0.25) is 0 Å². The SMILES string of the molecule is CCCCC(=O)N1CC[C@@H](Oc2ccc(NC(=O)N3CC(c4cccnc4)C3)cc2)C1. The van der Waals surface area contributed by atoms with Gasteiger partial charge < -0.3 is 19.9 Å². The van der Waals surface area contributed by atoms with E-state index in [2.05, 4.69) is 23.3 Å². The van der Waals surface area contributed by atoms with Crippen LogP contribution in [0.3, 0.4) is 0 Å². The number of anilines is 1. The largest absolute Gasteiger partial charge is 0.489 e. The fraction of sp³-hybridized carbons (Fsp3) is 0.458. The molecule has 0 saturated carbocycles. The molecule has 31 heavy (non-hydrogen) atoms. The predicted octanol–water partition coefficient (Wildman–Crippen LogP) is 3.88. The second-order valence-corrected chi connectivity index (χ2v) is 8.31. The van der Waals surface area contributed by atoms with Crippen LogP contribution in [0.15, 0.2) is 48.8 Å². The maximum Gasteiger partial charge on any atom is 0.321 e. The number of nitrogens with zero attached hydrogens (tertiary/aromatic N) is 3. The molecule has 2 aliphatic heterocycles. The molecule has 2 aliphatic rings. The average molecular weight is 423 g/mol. The zero-order valence-corrected chi connectivity index (χ0v) is 18.0. The van der Waals surface area contributed by atoms with Crippen LogP contribution in [-0.4, -0.2) is 59.0 Å². The summed E-state index contributed by atoms with van der Waals surface area (Å²) in [6.45, 7) is 4.91. The van der Waals surface area contributed by atoms with Crippen molar-refractivity contribution >= 4 is 17.6 Å². The van der Waals surface area contributed by atoms with Crippen molar-refractivity contribution in [1.29, 1.82) is 0 Å². The van der Waals surface area contributed by atoms with E-state index in [1.54, 1.807) is 11.1 Å². The van der Waals surface area contributed by atoms with E-state index < -0.39 is 0 Å². The summed E-state index contributed by atoms with van der Waals surface area (Å²) in [6.07, 6.45) is 7.10. The van der Waals surface area contributed by atoms with Gasteiger partial charge >= 0.3 is 6.03 Å². The summed E-state index contributed by atoms with van der Waals surface area (Å²) in [5.74, 6) is 1.34. The van der Waals surface area contributed by atoms with Crippen molar-refractivity contribution in [2.75, 3.05) is 31.5 Å². The first kappa shape index (κ1) is 21.2. The predicted molar refractivity (Wildman–Crippen MR) is 119 cm³/mol. The molecule has 1 N–H and O–H groups in total. The minimum absolute atomic E-state index is 0.0246. The van der Waals surface area contributed by atoms with Crippen molar-refractivity contribution < 1.29 is 14.3 Å². The van der Waals surface area contributed by atoms with E-state index in [0.29, 0.717) is 32.0 Å². The second kappa shape index (κ2) is 9.81. The van der Waals surface area contributed by atoms with Gasteiger partial charge in [-0.05, 0) is 42.3 Å². The van der Waals surface area contributed by atoms with Gasteiger partial charge in [0.2, 0.25) is 5.91 Å². The molecular formula is C24H30N4O3. The Hall–Kier alpha value is -3.09. The molecule has 164 valence electrons. The zero-order chi connectivity index (χ0) is 21.6. The number of carbonyl (C=O) groups is 2. The minimum atomic E-state index is -0.0918. The Morgan fingerprint density at radius 3 is 2.65 bits per heavy atom. The number of benzene rings is 1. The van der Waals surface area contributed by atoms with Crippen LogP contribution in [-0.2, 0) is 4.79 Å². The molecule has 1 aromatic heterocycles. The smallest absolute Gasteiger partial charge is 0.321 e. The lowest BCUT2D eigenvalue weighted by molar-refractivity contribution is -0.130. The van der Waals surface area contributed by atoms with E-state index >= 15 is 0 Å². The summed E-state index contributed by atoms with van der Waals surface area (Å²) >= 11 is 0. The van der Waals surface area contributed by atoms with Gasteiger partial charge in [-0.3, -0.25) is 9.78 Å². The molecule has 7 nitrogen and oxygen atoms in total. The molecule has 1 aromatic carbocycles. The lowest BCUT2D eigenvalue weighted by Crippen LogP contribution is -2.50. The maximum absolute atomic E-state index is 12.4. The fourth-order valence-corrected chi connectivity index (χ4v) is 4.02. The first-order chi connectivity index (χ1) is 15.1. The number of nitrogens with one attached hydrogen (secondary N) is 1. The van der Waals surface area contributed by atoms with E-state index in [-0.39, 0.29) is 18.0 Å². The van der Waals surface area contributed by atoms with Crippen LogP contribution < -0.4 is 10.1 Å². The highest BCUT2D eigenvalue weighted by atomic mass is 16.5. The van der Waals surface area contributed by atoms with Crippen molar-refractivity contribution in [1.82, 2.24) is 14.8 Å². The number of carbonyl (C=O) groups excluding carboxylic acids is 2. The summed E-state index contributed by atoms with van der Waals surface area (Å²) < 4.78 is 6.04. The number of rotatable bonds is 7. The van der Waals surface area contributed by atoms with E-state index in [9.17, 15) is 9.59 Å². The quantitative estimate of drug-likeness (QED) is 0.735. The highest BCUT2D eigenvalue weighted by Crippen LogP contribution is 2.27. The third-order valence-corrected chi connectivity index (χ3v) is 5.97. The van der Waals surface area contributed by atoms with Crippen LogP contribution in [0.4, 0.5) is 10.5 Å². The first-order valence-corrected chi connectivity index (χ1v) is 11.1. The molecule has 0 aliphatic carbocycles. The summed E-state index contributed by atoms with van der Waals surface area (Å²) in [6, 6.07) is 11.3. The molecule has 2 aromatic rings. The highest BCUT2D eigenvalue weighted by molar-refractivity contribution is 5.90. The van der Waals surface area contributed by atoms with Crippen molar-refractivity contribution in [2.45, 2.75) is 44.6 Å². The molecule has 0 unspecified atom stereocenters. The van der Waals surface area contributed by atoms with Gasteiger partial charge in [-0.15, -0.1) is 0 Å². The van der Waals surface area contributed by atoms with Gasteiger partial charge in [-0.25, -0.2) is 4.79 Å². The molecule has 2 saturated heterocycles. The van der Waals surface area contributed by atoms with Gasteiger partial charge in [-0.1, -0.05) is 19.4 Å². The molecule has 0 radical (unpaired) electrons. The number of hydrogen-bond acceptors (Lipinski definition) is 4. The Morgan fingerprint density at radius 2 is 1.94 bits per heavy atom. The lowest BCUT2D eigenvalue weighted by atomic mass is 9.93. The van der Waals surface area contributed by atoms with Crippen LogP contribution in [0, 0.1) is 0 Å². The summed E-state index contributed by atoms with van der Waals surface area (Å²) in [4.78, 5) is 32.4. The molecule has 3 heterocycles. The number of pyridine rings is 1. The monoisotopic (exact) mass is 422 g/mol. The van der Waals surface area contributed by atoms with Crippen molar-refractivity contribution in [3.8, 4) is 5.75 Å². The number of urea groups is 1. The third-order valence-electron chi connectivity index (χ3n) is 5.97. The van der Waals surface area contributed by atoms with Gasteiger partial charge in [0.15, 0.2) is 0 Å². The van der Waals surface area contributed by atoms with Crippen molar-refractivity contribution in [3.63, 3.8) is 0 Å². The van der Waals surface area contributed by atoms with Gasteiger partial charge in [-0.2, -0.15) is 0 Å². The van der Waals surface area contributed by atoms with Crippen molar-refractivity contribution in [2.24, 2.45) is 0 Å². The normalized spacial score (nSPS) is 18.5. The van der Waals surface area contributed by atoms with Crippen LogP contribution >= 0.6 is 0 Å². The molecule has 7 heteroatoms. The minimum Gasteiger partial charge on any atom is -0.489 e. The number of unbranched alkanes of at least 4 members (excludes halogenated alkanes) is 1. The topological polar surface area (TPSA) is 74.8 Å². The molecular weight excluding hydrogens is 392 g/mol. The Labute approximate surface area is 183 Å². The number of hydrogen-bond donors (Lipinski definition) is 1. The summed E-state index contributed by atoms with van der Waals surface area (Å²) in [5, 5.41) is 2.94. The molecule has 1 atom stereocenters.